The van der Waals surface area contributed by atoms with Gasteiger partial charge in [0.25, 0.3) is 0 Å². The third-order valence-corrected chi connectivity index (χ3v) is 7.00. The van der Waals surface area contributed by atoms with Crippen LogP contribution in [0.3, 0.4) is 0 Å². The topological polar surface area (TPSA) is 234 Å². The maximum atomic E-state index is 13.2. The van der Waals surface area contributed by atoms with E-state index in [1.54, 1.807) is 12.1 Å². The van der Waals surface area contributed by atoms with E-state index in [2.05, 4.69) is 0 Å². The number of phenolic OH excluding ortho intramolecular Hbond substituents is 1. The summed E-state index contributed by atoms with van der Waals surface area (Å²) in [6.45, 7) is 0.355. The molecule has 0 radical (unpaired) electrons. The van der Waals surface area contributed by atoms with E-state index in [0.29, 0.717) is 0 Å². The van der Waals surface area contributed by atoms with Crippen LogP contribution in [0.4, 0.5) is 0 Å². The first-order chi connectivity index (χ1) is 20.0. The van der Waals surface area contributed by atoms with Crippen LogP contribution in [0.2, 0.25) is 0 Å². The lowest BCUT2D eigenvalue weighted by molar-refractivity contribution is -0.277. The lowest BCUT2D eigenvalue weighted by atomic mass is 9.99. The first-order valence-corrected chi connectivity index (χ1v) is 13.0. The Balaban J connectivity index is 1.53. The van der Waals surface area contributed by atoms with Crippen LogP contribution in [-0.2, 0) is 20.8 Å². The number of para-hydroxylation sites is 1. The van der Waals surface area contributed by atoms with Gasteiger partial charge in [0.2, 0.25) is 12.6 Å². The van der Waals surface area contributed by atoms with Gasteiger partial charge in [0.1, 0.15) is 66.4 Å². The average Bonchev–Trinajstić information content (AvgIpc) is 2.98. The Kier molecular flexibility index (Phi) is 10.1. The van der Waals surface area contributed by atoms with Crippen molar-refractivity contribution in [3.63, 3.8) is 0 Å². The van der Waals surface area contributed by atoms with Gasteiger partial charge in [0.15, 0.2) is 11.5 Å². The second kappa shape index (κ2) is 13.4. The molecule has 0 amide bonds. The molecule has 0 unspecified atom stereocenters. The van der Waals surface area contributed by atoms with Crippen LogP contribution in [0.1, 0.15) is 22.8 Å². The van der Waals surface area contributed by atoms with Crippen LogP contribution in [-0.4, -0.2) is 122 Å². The molecule has 2 saturated heterocycles. The van der Waals surface area contributed by atoms with Crippen molar-refractivity contribution >= 4 is 5.97 Å². The monoisotopic (exact) mass is 598 g/mol. The SMILES string of the molecule is COc1ccc(O[C@@H]2O[C@@H](C)[C@H](O)[C@@H](O)[C@H]2O)c(C(=O)OCc2ccccc2O[C@@H]2O[C@H](CO)[C@@H](O)[C@H](O)[C@H]2O)c1O. The Morgan fingerprint density at radius 2 is 1.38 bits per heavy atom. The summed E-state index contributed by atoms with van der Waals surface area (Å²) in [5.74, 6) is -2.06. The number of methoxy groups -OCH3 is 1. The van der Waals surface area contributed by atoms with Gasteiger partial charge in [-0.3, -0.25) is 0 Å². The smallest absolute Gasteiger partial charge is 0.346 e. The zero-order valence-electron chi connectivity index (χ0n) is 22.6. The maximum Gasteiger partial charge on any atom is 0.346 e. The Morgan fingerprint density at radius 3 is 2.05 bits per heavy atom. The van der Waals surface area contributed by atoms with Crippen LogP contribution >= 0.6 is 0 Å². The third kappa shape index (κ3) is 6.39. The minimum absolute atomic E-state index is 0.0706. The highest BCUT2D eigenvalue weighted by Gasteiger charge is 2.45. The second-order valence-corrected chi connectivity index (χ2v) is 9.79. The summed E-state index contributed by atoms with van der Waals surface area (Å²) >= 11 is 0. The summed E-state index contributed by atoms with van der Waals surface area (Å²) in [6.07, 6.45) is -14.8. The fourth-order valence-electron chi connectivity index (χ4n) is 4.49. The van der Waals surface area contributed by atoms with Gasteiger partial charge in [-0.25, -0.2) is 4.79 Å². The number of benzene rings is 2. The van der Waals surface area contributed by atoms with Crippen molar-refractivity contribution in [1.29, 1.82) is 0 Å². The number of rotatable bonds is 9. The quantitative estimate of drug-likeness (QED) is 0.148. The van der Waals surface area contributed by atoms with E-state index in [-0.39, 0.29) is 22.8 Å². The predicted molar refractivity (Wildman–Crippen MR) is 138 cm³/mol. The number of aliphatic hydroxyl groups excluding tert-OH is 7. The Labute approximate surface area is 239 Å². The number of ether oxygens (including phenoxy) is 6. The molecule has 8 N–H and O–H groups in total. The molecule has 4 rings (SSSR count). The molecule has 10 atom stereocenters. The van der Waals surface area contributed by atoms with Crippen molar-refractivity contribution in [1.82, 2.24) is 0 Å². The molecule has 0 aromatic heterocycles. The number of carbonyl (C=O) groups excluding carboxylic acids is 1. The van der Waals surface area contributed by atoms with Crippen LogP contribution in [0, 0.1) is 0 Å². The van der Waals surface area contributed by atoms with Crippen molar-refractivity contribution in [2.75, 3.05) is 13.7 Å². The number of aliphatic hydroxyl groups is 7. The van der Waals surface area contributed by atoms with Crippen molar-refractivity contribution in [2.24, 2.45) is 0 Å². The standard InChI is InChI=1S/C27H34O15/c1-11-18(29)21(32)23(34)26(39-11)41-14-7-8-15(37-2)19(30)17(14)25(36)38-10-12-5-3-4-6-13(12)40-27-24(35)22(33)20(31)16(9-28)42-27/h3-8,11,16,18,20-24,26-35H,9-10H2,1-2H3/t11-,16+,18-,20+,21+,22-,23+,24+,26-,27+/m0/s1. The summed E-state index contributed by atoms with van der Waals surface area (Å²) in [7, 11) is 1.25. The Bertz CT molecular complexity index is 1220. The van der Waals surface area contributed by atoms with Gasteiger partial charge in [0, 0.05) is 5.56 Å². The first-order valence-electron chi connectivity index (χ1n) is 13.0. The minimum Gasteiger partial charge on any atom is -0.504 e. The number of hydrogen-bond acceptors (Lipinski definition) is 15. The fraction of sp³-hybridized carbons (Fsp3) is 0.519. The molecule has 2 aromatic rings. The Morgan fingerprint density at radius 1 is 0.786 bits per heavy atom. The van der Waals surface area contributed by atoms with Crippen LogP contribution < -0.4 is 14.2 Å². The highest BCUT2D eigenvalue weighted by molar-refractivity contribution is 5.96. The third-order valence-electron chi connectivity index (χ3n) is 7.00. The molecule has 2 fully saturated rings. The molecule has 2 aromatic carbocycles. The molecule has 0 bridgehead atoms. The van der Waals surface area contributed by atoms with Gasteiger partial charge in [-0.1, -0.05) is 18.2 Å². The van der Waals surface area contributed by atoms with E-state index in [4.69, 9.17) is 28.4 Å². The minimum atomic E-state index is -1.70. The zero-order chi connectivity index (χ0) is 30.7. The zero-order valence-corrected chi connectivity index (χ0v) is 22.6. The molecule has 0 aliphatic carbocycles. The molecule has 2 aliphatic rings. The molecule has 0 saturated carbocycles. The van der Waals surface area contributed by atoms with Gasteiger partial charge in [-0.2, -0.15) is 0 Å². The van der Waals surface area contributed by atoms with E-state index in [9.17, 15) is 45.6 Å². The van der Waals surface area contributed by atoms with Crippen molar-refractivity contribution in [2.45, 2.75) is 74.9 Å². The molecular weight excluding hydrogens is 564 g/mol. The highest BCUT2D eigenvalue weighted by atomic mass is 16.7. The number of phenols is 1. The van der Waals surface area contributed by atoms with Gasteiger partial charge in [-0.15, -0.1) is 0 Å². The maximum absolute atomic E-state index is 13.2. The van der Waals surface area contributed by atoms with Gasteiger partial charge < -0.3 is 69.3 Å². The fourth-order valence-corrected chi connectivity index (χ4v) is 4.49. The van der Waals surface area contributed by atoms with Gasteiger partial charge in [-0.05, 0) is 25.1 Å². The van der Waals surface area contributed by atoms with E-state index in [0.717, 1.165) is 0 Å². The van der Waals surface area contributed by atoms with Crippen LogP contribution in [0.25, 0.3) is 0 Å². The van der Waals surface area contributed by atoms with Crippen LogP contribution in [0.15, 0.2) is 36.4 Å². The normalized spacial score (nSPS) is 33.1. The van der Waals surface area contributed by atoms with E-state index in [1.165, 1.54) is 38.3 Å². The summed E-state index contributed by atoms with van der Waals surface area (Å²) in [4.78, 5) is 13.2. The molecule has 2 heterocycles. The molecular formula is C27H34O15. The molecule has 2 aliphatic heterocycles. The lowest BCUT2D eigenvalue weighted by Crippen LogP contribution is -2.60. The number of hydrogen-bond donors (Lipinski definition) is 8. The Hall–Kier alpha value is -3.25. The van der Waals surface area contributed by atoms with Crippen molar-refractivity contribution in [3.8, 4) is 23.0 Å². The first kappa shape index (κ1) is 31.7. The molecule has 0 spiro atoms. The van der Waals surface area contributed by atoms with Gasteiger partial charge >= 0.3 is 5.97 Å². The van der Waals surface area contributed by atoms with Gasteiger partial charge in [0.05, 0.1) is 19.8 Å². The van der Waals surface area contributed by atoms with Crippen LogP contribution in [0.5, 0.6) is 23.0 Å². The molecule has 232 valence electrons. The molecule has 15 heteroatoms. The second-order valence-electron chi connectivity index (χ2n) is 9.79. The average molecular weight is 599 g/mol. The van der Waals surface area contributed by atoms with E-state index < -0.39 is 91.9 Å². The lowest BCUT2D eigenvalue weighted by Gasteiger charge is -2.39. The molecule has 42 heavy (non-hydrogen) atoms. The molecule has 15 nitrogen and oxygen atoms in total. The number of carbonyl (C=O) groups is 1. The number of esters is 1. The largest absolute Gasteiger partial charge is 0.504 e. The predicted octanol–water partition coefficient (Wildman–Crippen LogP) is -1.86. The summed E-state index contributed by atoms with van der Waals surface area (Å²) < 4.78 is 32.6. The highest BCUT2D eigenvalue weighted by Crippen LogP contribution is 2.39. The summed E-state index contributed by atoms with van der Waals surface area (Å²) in [5.41, 5.74) is -0.226. The van der Waals surface area contributed by atoms with Crippen molar-refractivity contribution < 1.29 is 74.1 Å². The van der Waals surface area contributed by atoms with Crippen molar-refractivity contribution in [3.05, 3.63) is 47.5 Å². The summed E-state index contributed by atoms with van der Waals surface area (Å²) in [5, 5.41) is 80.9. The summed E-state index contributed by atoms with van der Waals surface area (Å²) in [6, 6.07) is 8.70. The van der Waals surface area contributed by atoms with E-state index in [1.807, 2.05) is 0 Å². The number of aromatic hydroxyl groups is 1. The van der Waals surface area contributed by atoms with E-state index >= 15 is 0 Å².